The Hall–Kier alpha value is -0.920. The molecule has 3 rings (SSSR count). The Kier molecular flexibility index (Phi) is 13.8. The van der Waals surface area contributed by atoms with Crippen molar-refractivity contribution in [1.29, 1.82) is 0 Å². The molecule has 0 saturated heterocycles. The number of allylic oxidation sites excluding steroid dienone is 4. The fourth-order valence-corrected chi connectivity index (χ4v) is 8.09. The Morgan fingerprint density at radius 1 is 0.949 bits per heavy atom. The quantitative estimate of drug-likeness (QED) is 0.1000. The molecule has 0 radical (unpaired) electrons. The molecule has 0 amide bonds. The number of hydrogen-bond donors (Lipinski definition) is 0. The predicted molar refractivity (Wildman–Crippen MR) is 165 cm³/mol. The number of ether oxygens (including phenoxy) is 1. The molecule has 7 heteroatoms. The van der Waals surface area contributed by atoms with Crippen LogP contribution >= 0.6 is 10.7 Å². The van der Waals surface area contributed by atoms with Crippen molar-refractivity contribution in [3.05, 3.63) is 48.1 Å². The Morgan fingerprint density at radius 2 is 1.62 bits per heavy atom. The van der Waals surface area contributed by atoms with E-state index in [1.165, 1.54) is 42.0 Å². The third-order valence-corrected chi connectivity index (χ3v) is 10.5. The second kappa shape index (κ2) is 16.5. The van der Waals surface area contributed by atoms with Crippen molar-refractivity contribution in [3.63, 3.8) is 0 Å². The second-order valence-corrected chi connectivity index (χ2v) is 14.0. The minimum atomic E-state index is -3.84. The van der Waals surface area contributed by atoms with Crippen LogP contribution in [0.5, 0.6) is 0 Å². The zero-order valence-corrected chi connectivity index (χ0v) is 26.3. The number of unbranched alkanes of at least 4 members (excludes halogenated alkanes) is 4. The van der Waals surface area contributed by atoms with Crippen LogP contribution in [0.15, 0.2) is 48.1 Å². The van der Waals surface area contributed by atoms with Gasteiger partial charge in [-0.25, -0.2) is 0 Å². The van der Waals surface area contributed by atoms with Crippen molar-refractivity contribution in [3.8, 4) is 0 Å². The van der Waals surface area contributed by atoms with Gasteiger partial charge >= 0.3 is 0 Å². The number of hydrogen-bond acceptors (Lipinski definition) is 4. The van der Waals surface area contributed by atoms with E-state index in [0.717, 1.165) is 57.9 Å². The van der Waals surface area contributed by atoms with Crippen LogP contribution in [-0.4, -0.2) is 62.6 Å². The number of rotatable bonds is 17. The lowest BCUT2D eigenvalue weighted by atomic mass is 9.62. The molecule has 3 aliphatic carbocycles. The summed E-state index contributed by atoms with van der Waals surface area (Å²) in [6.07, 6.45) is 31.1. The van der Waals surface area contributed by atoms with E-state index in [1.54, 1.807) is 7.11 Å². The Balaban J connectivity index is 1.93. The summed E-state index contributed by atoms with van der Waals surface area (Å²) in [5.74, 6) is 0.800. The van der Waals surface area contributed by atoms with Gasteiger partial charge in [-0.15, -0.1) is 0 Å². The highest BCUT2D eigenvalue weighted by atomic mass is 35.7. The number of methoxy groups -OCH3 is 1. The van der Waals surface area contributed by atoms with Gasteiger partial charge in [-0.1, -0.05) is 82.1 Å². The first-order valence-electron chi connectivity index (χ1n) is 15.6. The molecule has 0 saturated carbocycles. The van der Waals surface area contributed by atoms with E-state index in [1.807, 2.05) is 0 Å². The van der Waals surface area contributed by atoms with Crippen LogP contribution in [0, 0.1) is 11.8 Å². The van der Waals surface area contributed by atoms with Gasteiger partial charge in [0, 0.05) is 37.4 Å². The van der Waals surface area contributed by atoms with E-state index >= 15 is 0 Å². The van der Waals surface area contributed by atoms with E-state index in [-0.39, 0.29) is 18.2 Å². The summed E-state index contributed by atoms with van der Waals surface area (Å²) in [5.41, 5.74) is 1.25. The third kappa shape index (κ3) is 8.78. The van der Waals surface area contributed by atoms with Gasteiger partial charge in [0.1, 0.15) is 0 Å². The standard InChI is InChI=1S/C32H53ClN2O3S/c1-4-6-7-8-18-25-35(39(33,36)37)27-31(38-3)26-34(5-2)32(28-19-12-9-13-20-28,29-21-14-10-15-22-29)30-23-16-11-17-24-30/h12,14,16,19-21,23,29-31H,4-11,13,15,17-18,22,24-27H2,1-3H3/t29-,30?,31?,32?/m0/s1. The van der Waals surface area contributed by atoms with Crippen LogP contribution in [0.4, 0.5) is 0 Å². The molecule has 3 unspecified atom stereocenters. The van der Waals surface area contributed by atoms with E-state index in [0.29, 0.717) is 24.9 Å². The average molecular weight is 581 g/mol. The molecule has 0 N–H and O–H groups in total. The van der Waals surface area contributed by atoms with Gasteiger partial charge in [0.2, 0.25) is 0 Å². The molecular weight excluding hydrogens is 528 g/mol. The Labute approximate surface area is 243 Å². The normalized spacial score (nSPS) is 24.2. The van der Waals surface area contributed by atoms with E-state index in [2.05, 4.69) is 61.3 Å². The minimum absolute atomic E-state index is 0.179. The van der Waals surface area contributed by atoms with Crippen molar-refractivity contribution in [2.24, 2.45) is 11.8 Å². The molecular formula is C32H53ClN2O3S. The lowest BCUT2D eigenvalue weighted by Gasteiger charge is -2.55. The first kappa shape index (κ1) is 32.6. The maximum Gasteiger partial charge on any atom is 0.299 e. The maximum atomic E-state index is 12.6. The fourth-order valence-electron chi connectivity index (χ4n) is 7.03. The minimum Gasteiger partial charge on any atom is -0.379 e. The molecule has 0 aromatic carbocycles. The highest BCUT2D eigenvalue weighted by molar-refractivity contribution is 8.11. The predicted octanol–water partition coefficient (Wildman–Crippen LogP) is 7.81. The second-order valence-electron chi connectivity index (χ2n) is 11.5. The third-order valence-electron chi connectivity index (χ3n) is 8.99. The molecule has 0 heterocycles. The number of nitrogens with zero attached hydrogens (tertiary/aromatic N) is 2. The highest BCUT2D eigenvalue weighted by Crippen LogP contribution is 2.48. The zero-order chi connectivity index (χ0) is 28.1. The average Bonchev–Trinajstić information content (AvgIpc) is 2.96. The lowest BCUT2D eigenvalue weighted by molar-refractivity contribution is -0.0157. The van der Waals surface area contributed by atoms with Gasteiger partial charge in [-0.3, -0.25) is 4.90 Å². The summed E-state index contributed by atoms with van der Waals surface area (Å²) in [7, 11) is 3.83. The molecule has 0 aromatic rings. The SMILES string of the molecule is CCCCCCCN(CC(CN(CC)C(C1=CCCC=C1)(C1C=CCCC1)[C@H]1C=CCCC1)OC)S(=O)(=O)Cl. The van der Waals surface area contributed by atoms with Gasteiger partial charge in [0.05, 0.1) is 11.6 Å². The van der Waals surface area contributed by atoms with E-state index < -0.39 is 9.24 Å². The largest absolute Gasteiger partial charge is 0.379 e. The fraction of sp³-hybridized carbons (Fsp3) is 0.750. The first-order chi connectivity index (χ1) is 18.9. The van der Waals surface area contributed by atoms with Crippen molar-refractivity contribution < 1.29 is 13.2 Å². The summed E-state index contributed by atoms with van der Waals surface area (Å²) in [6, 6.07) is 0. The zero-order valence-electron chi connectivity index (χ0n) is 24.7. The van der Waals surface area contributed by atoms with Gasteiger partial charge in [-0.05, 0) is 81.7 Å². The van der Waals surface area contributed by atoms with Crippen LogP contribution in [-0.2, 0) is 14.0 Å². The first-order valence-corrected chi connectivity index (χ1v) is 17.8. The van der Waals surface area contributed by atoms with Crippen LogP contribution in [0.2, 0.25) is 0 Å². The van der Waals surface area contributed by atoms with Crippen LogP contribution in [0.25, 0.3) is 0 Å². The Morgan fingerprint density at radius 3 is 2.10 bits per heavy atom. The molecule has 5 nitrogen and oxygen atoms in total. The van der Waals surface area contributed by atoms with Crippen LogP contribution < -0.4 is 0 Å². The summed E-state index contributed by atoms with van der Waals surface area (Å²) < 4.78 is 32.6. The molecule has 39 heavy (non-hydrogen) atoms. The molecule has 3 aliphatic rings. The monoisotopic (exact) mass is 580 g/mol. The molecule has 0 bridgehead atoms. The van der Waals surface area contributed by atoms with Crippen molar-refractivity contribution >= 4 is 19.9 Å². The highest BCUT2D eigenvalue weighted by Gasteiger charge is 2.50. The van der Waals surface area contributed by atoms with Crippen molar-refractivity contribution in [1.82, 2.24) is 9.21 Å². The van der Waals surface area contributed by atoms with Gasteiger partial charge in [0.25, 0.3) is 9.24 Å². The molecule has 0 fully saturated rings. The van der Waals surface area contributed by atoms with E-state index in [9.17, 15) is 8.42 Å². The Bertz CT molecular complexity index is 934. The lowest BCUT2D eigenvalue weighted by Crippen LogP contribution is -2.62. The number of halogens is 1. The van der Waals surface area contributed by atoms with Crippen LogP contribution in [0.3, 0.4) is 0 Å². The van der Waals surface area contributed by atoms with Gasteiger partial charge in [-0.2, -0.15) is 12.7 Å². The summed E-state index contributed by atoms with van der Waals surface area (Å²) >= 11 is 0. The van der Waals surface area contributed by atoms with Crippen molar-refractivity contribution in [2.45, 2.75) is 109 Å². The van der Waals surface area contributed by atoms with Crippen LogP contribution in [0.1, 0.15) is 97.3 Å². The smallest absolute Gasteiger partial charge is 0.299 e. The summed E-state index contributed by atoms with van der Waals surface area (Å²) in [4.78, 5) is 2.63. The molecule has 222 valence electrons. The van der Waals surface area contributed by atoms with E-state index in [4.69, 9.17) is 15.4 Å². The van der Waals surface area contributed by atoms with Gasteiger partial charge < -0.3 is 4.74 Å². The summed E-state index contributed by atoms with van der Waals surface area (Å²) in [6.45, 7) is 6.67. The molecule has 4 atom stereocenters. The molecule has 0 spiro atoms. The molecule has 0 aromatic heterocycles. The molecule has 0 aliphatic heterocycles. The summed E-state index contributed by atoms with van der Waals surface area (Å²) in [5, 5.41) is 0. The number of likely N-dealkylation sites (N-methyl/N-ethyl adjacent to an activating group) is 1. The van der Waals surface area contributed by atoms with Gasteiger partial charge in [0.15, 0.2) is 0 Å². The topological polar surface area (TPSA) is 49.9 Å². The van der Waals surface area contributed by atoms with Crippen molar-refractivity contribution in [2.75, 3.05) is 33.3 Å². The maximum absolute atomic E-state index is 12.6.